The zero-order valence-electron chi connectivity index (χ0n) is 18.7. The molecule has 2 aromatic heterocycles. The highest BCUT2D eigenvalue weighted by atomic mass is 35.5. The van der Waals surface area contributed by atoms with Crippen LogP contribution in [0.2, 0.25) is 5.02 Å². The molecule has 0 spiro atoms. The lowest BCUT2D eigenvalue weighted by Gasteiger charge is -2.24. The Kier molecular flexibility index (Phi) is 6.10. The molecule has 170 valence electrons. The number of carbonyl (C=O) groups is 1. The van der Waals surface area contributed by atoms with Gasteiger partial charge in [0.2, 0.25) is 0 Å². The summed E-state index contributed by atoms with van der Waals surface area (Å²) < 4.78 is 10.3. The van der Waals surface area contributed by atoms with Crippen LogP contribution in [0.3, 0.4) is 0 Å². The average Bonchev–Trinajstić information content (AvgIpc) is 3.27. The predicted octanol–water partition coefficient (Wildman–Crippen LogP) is 3.80. The largest absolute Gasteiger partial charge is 0.497 e. The van der Waals surface area contributed by atoms with Gasteiger partial charge >= 0.3 is 0 Å². The topological polar surface area (TPSA) is 96.0 Å². The number of nitrogens with zero attached hydrogens (tertiary/aromatic N) is 5. The SMILES string of the molecule is COc1ccc(-n2nnc(C(=O)Nc3c(C)n(C)n(C4CCCCC4)c3=O)c2C)c(Cl)c1. The Labute approximate surface area is 190 Å². The minimum atomic E-state index is -0.486. The van der Waals surface area contributed by atoms with Crippen LogP contribution in [0, 0.1) is 13.8 Å². The summed E-state index contributed by atoms with van der Waals surface area (Å²) in [5, 5.41) is 11.3. The number of benzene rings is 1. The molecular weight excluding hydrogens is 432 g/mol. The van der Waals surface area contributed by atoms with Crippen molar-refractivity contribution in [1.82, 2.24) is 24.4 Å². The second kappa shape index (κ2) is 8.82. The van der Waals surface area contributed by atoms with Crippen molar-refractivity contribution in [3.63, 3.8) is 0 Å². The Morgan fingerprint density at radius 1 is 1.19 bits per heavy atom. The molecule has 9 nitrogen and oxygen atoms in total. The van der Waals surface area contributed by atoms with E-state index in [1.807, 2.05) is 18.7 Å². The van der Waals surface area contributed by atoms with Gasteiger partial charge < -0.3 is 10.1 Å². The molecule has 3 aromatic rings. The van der Waals surface area contributed by atoms with Gasteiger partial charge in [-0.2, -0.15) is 0 Å². The predicted molar refractivity (Wildman–Crippen MR) is 122 cm³/mol. The molecule has 0 aliphatic heterocycles. The first-order valence-corrected chi connectivity index (χ1v) is 11.1. The number of anilines is 1. The Bertz CT molecular complexity index is 1220. The highest BCUT2D eigenvalue weighted by Gasteiger charge is 2.26. The van der Waals surface area contributed by atoms with Crippen molar-refractivity contribution >= 4 is 23.2 Å². The van der Waals surface area contributed by atoms with Crippen LogP contribution in [0.4, 0.5) is 5.69 Å². The molecule has 2 heterocycles. The smallest absolute Gasteiger partial charge is 0.291 e. The van der Waals surface area contributed by atoms with E-state index in [0.717, 1.165) is 25.7 Å². The fourth-order valence-electron chi connectivity index (χ4n) is 4.34. The summed E-state index contributed by atoms with van der Waals surface area (Å²) in [6.45, 7) is 3.56. The standard InChI is InChI=1S/C22H27ClN6O3/c1-13-20(22(31)29(27(13)3)15-8-6-5-7-9-15)24-21(30)19-14(2)28(26-25-19)18-11-10-16(32-4)12-17(18)23/h10-12,15H,5-9H2,1-4H3,(H,24,30). The second-order valence-electron chi connectivity index (χ2n) is 8.13. The highest BCUT2D eigenvalue weighted by Crippen LogP contribution is 2.29. The van der Waals surface area contributed by atoms with Crippen molar-refractivity contribution in [2.24, 2.45) is 7.05 Å². The summed E-state index contributed by atoms with van der Waals surface area (Å²) >= 11 is 6.35. The van der Waals surface area contributed by atoms with Crippen LogP contribution in [0.25, 0.3) is 5.69 Å². The van der Waals surface area contributed by atoms with Crippen LogP contribution in [0.15, 0.2) is 23.0 Å². The third kappa shape index (κ3) is 3.81. The lowest BCUT2D eigenvalue weighted by molar-refractivity contribution is 0.102. The van der Waals surface area contributed by atoms with Crippen molar-refractivity contribution in [3.8, 4) is 11.4 Å². The van der Waals surface area contributed by atoms with Crippen molar-refractivity contribution in [1.29, 1.82) is 0 Å². The maximum Gasteiger partial charge on any atom is 0.291 e. The van der Waals surface area contributed by atoms with Gasteiger partial charge in [-0.1, -0.05) is 36.1 Å². The van der Waals surface area contributed by atoms with Crippen LogP contribution in [0.1, 0.15) is 60.0 Å². The maximum atomic E-state index is 13.2. The Hall–Kier alpha value is -3.07. The molecule has 1 N–H and O–H groups in total. The van der Waals surface area contributed by atoms with Crippen LogP contribution in [0.5, 0.6) is 5.75 Å². The molecule has 0 saturated heterocycles. The summed E-state index contributed by atoms with van der Waals surface area (Å²) in [6, 6.07) is 5.32. The lowest BCUT2D eigenvalue weighted by atomic mass is 9.96. The van der Waals surface area contributed by atoms with Crippen LogP contribution >= 0.6 is 11.6 Å². The number of hydrogen-bond acceptors (Lipinski definition) is 5. The van der Waals surface area contributed by atoms with Gasteiger partial charge in [0.05, 0.1) is 35.2 Å². The fraction of sp³-hybridized carbons (Fsp3) is 0.455. The van der Waals surface area contributed by atoms with Crippen molar-refractivity contribution in [2.45, 2.75) is 52.0 Å². The van der Waals surface area contributed by atoms with Crippen molar-refractivity contribution in [2.75, 3.05) is 12.4 Å². The van der Waals surface area contributed by atoms with Gasteiger partial charge in [-0.15, -0.1) is 5.10 Å². The van der Waals surface area contributed by atoms with E-state index in [-0.39, 0.29) is 23.0 Å². The highest BCUT2D eigenvalue weighted by molar-refractivity contribution is 6.32. The number of ether oxygens (including phenoxy) is 1. The molecule has 1 aliphatic rings. The minimum absolute atomic E-state index is 0.128. The fourth-order valence-corrected chi connectivity index (χ4v) is 4.59. The van der Waals surface area contributed by atoms with Gasteiger partial charge in [0.25, 0.3) is 11.5 Å². The zero-order valence-corrected chi connectivity index (χ0v) is 19.4. The monoisotopic (exact) mass is 458 g/mol. The molecule has 0 atom stereocenters. The molecule has 0 bridgehead atoms. The summed E-state index contributed by atoms with van der Waals surface area (Å²) in [6.07, 6.45) is 5.37. The van der Waals surface area contributed by atoms with E-state index in [4.69, 9.17) is 16.3 Å². The molecule has 4 rings (SSSR count). The Morgan fingerprint density at radius 2 is 1.91 bits per heavy atom. The first kappa shape index (κ1) is 22.1. The first-order valence-electron chi connectivity index (χ1n) is 10.7. The number of aromatic nitrogens is 5. The normalized spacial score (nSPS) is 14.5. The molecule has 0 radical (unpaired) electrons. The molecule has 1 amide bonds. The van der Waals surface area contributed by atoms with E-state index in [1.54, 1.807) is 36.9 Å². The van der Waals surface area contributed by atoms with Gasteiger partial charge in [-0.25, -0.2) is 9.36 Å². The van der Waals surface area contributed by atoms with E-state index < -0.39 is 5.91 Å². The molecule has 10 heteroatoms. The second-order valence-corrected chi connectivity index (χ2v) is 8.54. The zero-order chi connectivity index (χ0) is 23.0. The van der Waals surface area contributed by atoms with Gasteiger partial charge in [-0.05, 0) is 38.8 Å². The van der Waals surface area contributed by atoms with Gasteiger partial charge in [-0.3, -0.25) is 14.3 Å². The molecule has 1 saturated carbocycles. The summed E-state index contributed by atoms with van der Waals surface area (Å²) in [5.41, 5.74) is 2.01. The molecule has 1 fully saturated rings. The van der Waals surface area contributed by atoms with E-state index in [1.165, 1.54) is 11.1 Å². The van der Waals surface area contributed by atoms with Crippen LogP contribution < -0.4 is 15.6 Å². The Balaban J connectivity index is 1.63. The first-order chi connectivity index (χ1) is 15.3. The maximum absolute atomic E-state index is 13.2. The molecule has 32 heavy (non-hydrogen) atoms. The number of methoxy groups -OCH3 is 1. The van der Waals surface area contributed by atoms with Crippen molar-refractivity contribution in [3.05, 3.63) is 50.7 Å². The lowest BCUT2D eigenvalue weighted by Crippen LogP contribution is -2.29. The third-order valence-corrected chi connectivity index (χ3v) is 6.55. The van der Waals surface area contributed by atoms with Gasteiger partial charge in [0.1, 0.15) is 11.4 Å². The molecular formula is C22H27ClN6O3. The Morgan fingerprint density at radius 3 is 2.56 bits per heavy atom. The molecule has 1 aliphatic carbocycles. The van der Waals surface area contributed by atoms with Gasteiger partial charge in [0.15, 0.2) is 5.69 Å². The van der Waals surface area contributed by atoms with Crippen molar-refractivity contribution < 1.29 is 9.53 Å². The molecule has 1 aromatic carbocycles. The number of carbonyl (C=O) groups excluding carboxylic acids is 1. The van der Waals surface area contributed by atoms with Gasteiger partial charge in [0, 0.05) is 13.1 Å². The van der Waals surface area contributed by atoms with Crippen LogP contribution in [-0.2, 0) is 7.05 Å². The minimum Gasteiger partial charge on any atom is -0.497 e. The number of amides is 1. The number of halogens is 1. The quantitative estimate of drug-likeness (QED) is 0.627. The van der Waals surface area contributed by atoms with E-state index in [9.17, 15) is 9.59 Å². The van der Waals surface area contributed by atoms with Crippen LogP contribution in [-0.4, -0.2) is 37.4 Å². The van der Waals surface area contributed by atoms with E-state index >= 15 is 0 Å². The number of rotatable bonds is 5. The summed E-state index contributed by atoms with van der Waals surface area (Å²) in [4.78, 5) is 26.2. The van der Waals surface area contributed by atoms with E-state index in [0.29, 0.717) is 27.8 Å². The number of nitrogens with one attached hydrogen (secondary N) is 1. The third-order valence-electron chi connectivity index (χ3n) is 6.24. The van der Waals surface area contributed by atoms with E-state index in [2.05, 4.69) is 15.6 Å². The average molecular weight is 459 g/mol. The molecule has 0 unspecified atom stereocenters. The summed E-state index contributed by atoms with van der Waals surface area (Å²) in [7, 11) is 3.41. The summed E-state index contributed by atoms with van der Waals surface area (Å²) in [5.74, 6) is 0.128. The number of hydrogen-bond donors (Lipinski definition) is 1.